The maximum absolute atomic E-state index is 5.35. The lowest BCUT2D eigenvalue weighted by molar-refractivity contribution is 0.354. The Kier molecular flexibility index (Phi) is 11.2. The Morgan fingerprint density at radius 2 is 1.71 bits per heavy atom. The molecule has 2 aromatic rings. The number of hydrogen-bond acceptors (Lipinski definition) is 4. The van der Waals surface area contributed by atoms with Crippen molar-refractivity contribution in [1.82, 2.24) is 10.6 Å². The highest BCUT2D eigenvalue weighted by Crippen LogP contribution is 2.27. The van der Waals surface area contributed by atoms with Crippen LogP contribution in [0.25, 0.3) is 0 Å². The first-order valence-electron chi connectivity index (χ1n) is 9.09. The zero-order chi connectivity index (χ0) is 19.5. The maximum atomic E-state index is 5.35. The number of methoxy groups -OCH3 is 2. The van der Waals surface area contributed by atoms with Gasteiger partial charge in [-0.2, -0.15) is 0 Å². The van der Waals surface area contributed by atoms with Crippen LogP contribution in [0.5, 0.6) is 11.5 Å². The van der Waals surface area contributed by atoms with Gasteiger partial charge in [0.25, 0.3) is 0 Å². The molecular formula is C21H31IN4O2. The van der Waals surface area contributed by atoms with Gasteiger partial charge >= 0.3 is 0 Å². The minimum Gasteiger partial charge on any atom is -0.493 e. The number of guanidine groups is 1. The second-order valence-electron chi connectivity index (χ2n) is 6.15. The van der Waals surface area contributed by atoms with Crippen LogP contribution >= 0.6 is 24.0 Å². The SMILES string of the molecule is CN=C(NCCCN(C)c1ccccc1)NCc1ccc(OC)c(OC)c1.I. The first-order chi connectivity index (χ1) is 13.2. The number of aliphatic imine (C=N–C) groups is 1. The Morgan fingerprint density at radius 1 is 1.00 bits per heavy atom. The third-order valence-electron chi connectivity index (χ3n) is 4.29. The molecule has 0 atom stereocenters. The summed E-state index contributed by atoms with van der Waals surface area (Å²) < 4.78 is 10.6. The van der Waals surface area contributed by atoms with Crippen LogP contribution in [0.15, 0.2) is 53.5 Å². The lowest BCUT2D eigenvalue weighted by atomic mass is 10.2. The number of benzene rings is 2. The molecule has 0 unspecified atom stereocenters. The molecule has 0 aliphatic carbocycles. The molecule has 0 saturated carbocycles. The second-order valence-corrected chi connectivity index (χ2v) is 6.15. The van der Waals surface area contributed by atoms with E-state index in [1.807, 2.05) is 24.3 Å². The molecule has 0 spiro atoms. The summed E-state index contributed by atoms with van der Waals surface area (Å²) in [5, 5.41) is 6.68. The fraction of sp³-hybridized carbons (Fsp3) is 0.381. The predicted octanol–water partition coefficient (Wildman–Crippen LogP) is 3.51. The van der Waals surface area contributed by atoms with E-state index in [0.29, 0.717) is 6.54 Å². The summed E-state index contributed by atoms with van der Waals surface area (Å²) in [5.74, 6) is 2.24. The average molecular weight is 498 g/mol. The van der Waals surface area contributed by atoms with Gasteiger partial charge in [-0.25, -0.2) is 0 Å². The number of rotatable bonds is 9. The van der Waals surface area contributed by atoms with Crippen LogP contribution in [-0.4, -0.2) is 47.4 Å². The molecule has 7 heteroatoms. The molecule has 2 N–H and O–H groups in total. The number of hydrogen-bond donors (Lipinski definition) is 2. The van der Waals surface area contributed by atoms with Gasteiger partial charge in [0.05, 0.1) is 14.2 Å². The number of ether oxygens (including phenoxy) is 2. The van der Waals surface area contributed by atoms with E-state index in [-0.39, 0.29) is 24.0 Å². The average Bonchev–Trinajstić information content (AvgIpc) is 2.73. The normalized spacial score (nSPS) is 10.6. The summed E-state index contributed by atoms with van der Waals surface area (Å²) in [4.78, 5) is 6.53. The molecule has 0 bridgehead atoms. The minimum atomic E-state index is 0. The smallest absolute Gasteiger partial charge is 0.191 e. The lowest BCUT2D eigenvalue weighted by Crippen LogP contribution is -2.38. The van der Waals surface area contributed by atoms with Crippen molar-refractivity contribution in [3.8, 4) is 11.5 Å². The zero-order valence-corrected chi connectivity index (χ0v) is 19.4. The van der Waals surface area contributed by atoms with Crippen molar-refractivity contribution in [2.75, 3.05) is 46.3 Å². The molecule has 0 fully saturated rings. The molecule has 0 radical (unpaired) electrons. The van der Waals surface area contributed by atoms with E-state index in [1.165, 1.54) is 5.69 Å². The maximum Gasteiger partial charge on any atom is 0.191 e. The molecule has 0 aliphatic heterocycles. The van der Waals surface area contributed by atoms with Gasteiger partial charge < -0.3 is 25.0 Å². The highest BCUT2D eigenvalue weighted by Gasteiger charge is 2.05. The van der Waals surface area contributed by atoms with Crippen molar-refractivity contribution in [3.63, 3.8) is 0 Å². The van der Waals surface area contributed by atoms with Crippen molar-refractivity contribution in [2.45, 2.75) is 13.0 Å². The van der Waals surface area contributed by atoms with Gasteiger partial charge in [-0.1, -0.05) is 24.3 Å². The standard InChI is InChI=1S/C21H30N4O2.HI/c1-22-21(23-13-8-14-25(2)18-9-6-5-7-10-18)24-16-17-11-12-19(26-3)20(15-17)27-4;/h5-7,9-12,15H,8,13-14,16H2,1-4H3,(H2,22,23,24);1H. The number of halogens is 1. The molecule has 28 heavy (non-hydrogen) atoms. The monoisotopic (exact) mass is 498 g/mol. The molecule has 2 aromatic carbocycles. The van der Waals surface area contributed by atoms with Crippen LogP contribution in [0.1, 0.15) is 12.0 Å². The third kappa shape index (κ3) is 7.46. The van der Waals surface area contributed by atoms with Gasteiger partial charge in [0.2, 0.25) is 0 Å². The largest absolute Gasteiger partial charge is 0.493 e. The van der Waals surface area contributed by atoms with Gasteiger partial charge in [0.15, 0.2) is 17.5 Å². The van der Waals surface area contributed by atoms with Crippen LogP contribution in [-0.2, 0) is 6.54 Å². The van der Waals surface area contributed by atoms with Gasteiger partial charge in [0.1, 0.15) is 0 Å². The Bertz CT molecular complexity index is 726. The van der Waals surface area contributed by atoms with Crippen molar-refractivity contribution >= 4 is 35.6 Å². The number of nitrogens with one attached hydrogen (secondary N) is 2. The summed E-state index contributed by atoms with van der Waals surface area (Å²) in [6, 6.07) is 16.3. The molecule has 0 amide bonds. The van der Waals surface area contributed by atoms with Crippen molar-refractivity contribution in [3.05, 3.63) is 54.1 Å². The zero-order valence-electron chi connectivity index (χ0n) is 17.1. The Hall–Kier alpha value is -2.16. The predicted molar refractivity (Wildman–Crippen MR) is 127 cm³/mol. The fourth-order valence-electron chi connectivity index (χ4n) is 2.73. The summed E-state index contributed by atoms with van der Waals surface area (Å²) in [5.41, 5.74) is 2.33. The van der Waals surface area contributed by atoms with E-state index in [1.54, 1.807) is 21.3 Å². The number of nitrogens with zero attached hydrogens (tertiary/aromatic N) is 2. The summed E-state index contributed by atoms with van der Waals surface area (Å²) in [6.07, 6.45) is 1.02. The third-order valence-corrected chi connectivity index (χ3v) is 4.29. The molecule has 0 saturated heterocycles. The molecule has 6 nitrogen and oxygen atoms in total. The molecule has 0 heterocycles. The van der Waals surface area contributed by atoms with Gasteiger partial charge in [-0.05, 0) is 36.2 Å². The number of para-hydroxylation sites is 1. The summed E-state index contributed by atoms with van der Waals surface area (Å²) >= 11 is 0. The van der Waals surface area contributed by atoms with Crippen LogP contribution in [0.2, 0.25) is 0 Å². The summed E-state index contributed by atoms with van der Waals surface area (Å²) in [7, 11) is 7.16. The summed E-state index contributed by atoms with van der Waals surface area (Å²) in [6.45, 7) is 2.48. The molecule has 2 rings (SSSR count). The van der Waals surface area contributed by atoms with E-state index in [9.17, 15) is 0 Å². The van der Waals surface area contributed by atoms with Gasteiger partial charge in [-0.3, -0.25) is 4.99 Å². The highest BCUT2D eigenvalue weighted by molar-refractivity contribution is 14.0. The van der Waals surface area contributed by atoms with Crippen molar-refractivity contribution in [1.29, 1.82) is 0 Å². The Morgan fingerprint density at radius 3 is 2.36 bits per heavy atom. The van der Waals surface area contributed by atoms with Crippen LogP contribution in [0.4, 0.5) is 5.69 Å². The lowest BCUT2D eigenvalue weighted by Gasteiger charge is -2.19. The van der Waals surface area contributed by atoms with E-state index in [4.69, 9.17) is 9.47 Å². The highest BCUT2D eigenvalue weighted by atomic mass is 127. The van der Waals surface area contributed by atoms with Gasteiger partial charge in [0, 0.05) is 39.4 Å². The van der Waals surface area contributed by atoms with E-state index in [0.717, 1.165) is 42.5 Å². The minimum absolute atomic E-state index is 0. The first-order valence-corrected chi connectivity index (χ1v) is 9.09. The van der Waals surface area contributed by atoms with Crippen LogP contribution in [0, 0.1) is 0 Å². The number of anilines is 1. The quantitative estimate of drug-likeness (QED) is 0.240. The van der Waals surface area contributed by atoms with E-state index >= 15 is 0 Å². The molecule has 0 aliphatic rings. The topological polar surface area (TPSA) is 58.1 Å². The first kappa shape index (κ1) is 23.9. The molecular weight excluding hydrogens is 467 g/mol. The molecule has 0 aromatic heterocycles. The molecule has 154 valence electrons. The van der Waals surface area contributed by atoms with Gasteiger partial charge in [-0.15, -0.1) is 24.0 Å². The van der Waals surface area contributed by atoms with Crippen molar-refractivity contribution < 1.29 is 9.47 Å². The second kappa shape index (κ2) is 13.1. The van der Waals surface area contributed by atoms with Crippen molar-refractivity contribution in [2.24, 2.45) is 4.99 Å². The van der Waals surface area contributed by atoms with E-state index < -0.39 is 0 Å². The Balaban J connectivity index is 0.00000392. The fourth-order valence-corrected chi connectivity index (χ4v) is 2.73. The van der Waals surface area contributed by atoms with E-state index in [2.05, 4.69) is 51.8 Å². The van der Waals surface area contributed by atoms with Crippen LogP contribution < -0.4 is 25.0 Å². The Labute approximate surface area is 185 Å². The van der Waals surface area contributed by atoms with Crippen LogP contribution in [0.3, 0.4) is 0 Å².